The van der Waals surface area contributed by atoms with E-state index in [4.69, 9.17) is 9.16 Å². The zero-order valence-corrected chi connectivity index (χ0v) is 19.4. The third-order valence-electron chi connectivity index (χ3n) is 4.77. The Balaban J connectivity index is 2.55. The lowest BCUT2D eigenvalue weighted by Gasteiger charge is -2.28. The van der Waals surface area contributed by atoms with Crippen molar-refractivity contribution in [3.8, 4) is 5.75 Å². The molecular formula is C24H33O4Si. The number of carboxylic acid groups (broad SMARTS) is 1. The SMILES string of the molecule is CCCc1c(OC(C(=O)O)c2ccccc2)ccc(C(C)(C)C)c1CO[Si](C)C. The molecule has 0 amide bonds. The van der Waals surface area contributed by atoms with Gasteiger partial charge in [-0.2, -0.15) is 0 Å². The van der Waals surface area contributed by atoms with Crippen LogP contribution in [0.25, 0.3) is 0 Å². The van der Waals surface area contributed by atoms with Crippen molar-refractivity contribution < 1.29 is 19.1 Å². The molecule has 1 N–H and O–H groups in total. The van der Waals surface area contributed by atoms with Crippen LogP contribution < -0.4 is 4.74 Å². The Morgan fingerprint density at radius 1 is 1.07 bits per heavy atom. The topological polar surface area (TPSA) is 55.8 Å². The van der Waals surface area contributed by atoms with Gasteiger partial charge in [-0.3, -0.25) is 0 Å². The summed E-state index contributed by atoms with van der Waals surface area (Å²) in [6.07, 6.45) is 0.711. The molecule has 5 heteroatoms. The Hall–Kier alpha value is -2.11. The van der Waals surface area contributed by atoms with Crippen molar-refractivity contribution in [2.45, 2.75) is 71.8 Å². The fourth-order valence-corrected chi connectivity index (χ4v) is 3.84. The Kier molecular flexibility index (Phi) is 8.05. The minimum absolute atomic E-state index is 0.0419. The maximum Gasteiger partial charge on any atom is 0.349 e. The van der Waals surface area contributed by atoms with Crippen LogP contribution in [0.5, 0.6) is 5.75 Å². The molecule has 0 spiro atoms. The molecule has 4 nitrogen and oxygen atoms in total. The van der Waals surface area contributed by atoms with E-state index in [1.807, 2.05) is 24.3 Å². The van der Waals surface area contributed by atoms with Gasteiger partial charge in [0.25, 0.3) is 0 Å². The van der Waals surface area contributed by atoms with Crippen LogP contribution in [0.4, 0.5) is 0 Å². The molecule has 0 fully saturated rings. The monoisotopic (exact) mass is 413 g/mol. The maximum absolute atomic E-state index is 12.0. The predicted molar refractivity (Wildman–Crippen MR) is 119 cm³/mol. The largest absolute Gasteiger partial charge is 0.478 e. The third-order valence-corrected chi connectivity index (χ3v) is 5.49. The molecule has 29 heavy (non-hydrogen) atoms. The maximum atomic E-state index is 12.0. The summed E-state index contributed by atoms with van der Waals surface area (Å²) in [6.45, 7) is 13.5. The minimum Gasteiger partial charge on any atom is -0.478 e. The van der Waals surface area contributed by atoms with Crippen LogP contribution >= 0.6 is 0 Å². The van der Waals surface area contributed by atoms with Gasteiger partial charge in [0.05, 0.1) is 6.61 Å². The second-order valence-electron chi connectivity index (χ2n) is 8.51. The normalized spacial score (nSPS) is 12.8. The van der Waals surface area contributed by atoms with Gasteiger partial charge in [0, 0.05) is 5.56 Å². The van der Waals surface area contributed by atoms with Crippen LogP contribution in [-0.4, -0.2) is 20.1 Å². The highest BCUT2D eigenvalue weighted by molar-refractivity contribution is 6.48. The Morgan fingerprint density at radius 2 is 1.72 bits per heavy atom. The van der Waals surface area contributed by atoms with Gasteiger partial charge in [-0.25, -0.2) is 4.79 Å². The third kappa shape index (κ3) is 6.18. The van der Waals surface area contributed by atoms with Gasteiger partial charge in [-0.05, 0) is 47.7 Å². The van der Waals surface area contributed by atoms with Crippen molar-refractivity contribution >= 4 is 15.0 Å². The first kappa shape index (κ1) is 23.2. The molecule has 0 aliphatic rings. The smallest absolute Gasteiger partial charge is 0.349 e. The second kappa shape index (κ2) is 10.1. The lowest BCUT2D eigenvalue weighted by Crippen LogP contribution is -2.21. The van der Waals surface area contributed by atoms with Crippen molar-refractivity contribution in [2.24, 2.45) is 0 Å². The number of carbonyl (C=O) groups is 1. The number of rotatable bonds is 9. The lowest BCUT2D eigenvalue weighted by molar-refractivity contribution is -0.145. The molecule has 2 aromatic carbocycles. The lowest BCUT2D eigenvalue weighted by atomic mass is 9.81. The molecule has 2 rings (SSSR count). The van der Waals surface area contributed by atoms with E-state index in [0.717, 1.165) is 24.0 Å². The summed E-state index contributed by atoms with van der Waals surface area (Å²) in [6, 6.07) is 13.1. The molecule has 1 radical (unpaired) electrons. The first-order valence-corrected chi connectivity index (χ1v) is 12.6. The fourth-order valence-electron chi connectivity index (χ4n) is 3.41. The van der Waals surface area contributed by atoms with E-state index in [1.165, 1.54) is 5.56 Å². The summed E-state index contributed by atoms with van der Waals surface area (Å²) in [5.41, 5.74) is 4.02. The van der Waals surface area contributed by atoms with Gasteiger partial charge in [-0.15, -0.1) is 0 Å². The van der Waals surface area contributed by atoms with Crippen molar-refractivity contribution in [2.75, 3.05) is 0 Å². The summed E-state index contributed by atoms with van der Waals surface area (Å²) in [4.78, 5) is 12.0. The van der Waals surface area contributed by atoms with Crippen molar-refractivity contribution in [1.29, 1.82) is 0 Å². The van der Waals surface area contributed by atoms with Gasteiger partial charge in [-0.1, -0.05) is 70.5 Å². The molecule has 0 bridgehead atoms. The highest BCUT2D eigenvalue weighted by Gasteiger charge is 2.27. The summed E-state index contributed by atoms with van der Waals surface area (Å²) >= 11 is 0. The van der Waals surface area contributed by atoms with Crippen LogP contribution in [0.15, 0.2) is 42.5 Å². The fraction of sp³-hybridized carbons (Fsp3) is 0.458. The first-order chi connectivity index (χ1) is 13.6. The summed E-state index contributed by atoms with van der Waals surface area (Å²) in [5.74, 6) is -0.361. The number of carboxylic acids is 1. The van der Waals surface area contributed by atoms with E-state index < -0.39 is 21.1 Å². The molecule has 157 valence electrons. The van der Waals surface area contributed by atoms with Gasteiger partial charge in [0.2, 0.25) is 15.1 Å². The Morgan fingerprint density at radius 3 is 2.24 bits per heavy atom. The van der Waals surface area contributed by atoms with Gasteiger partial charge in [0.15, 0.2) is 0 Å². The van der Waals surface area contributed by atoms with Crippen molar-refractivity contribution in [3.63, 3.8) is 0 Å². The average molecular weight is 414 g/mol. The number of hydrogen-bond acceptors (Lipinski definition) is 3. The predicted octanol–water partition coefficient (Wildman–Crippen LogP) is 5.91. The number of ether oxygens (including phenoxy) is 1. The zero-order chi connectivity index (χ0) is 21.6. The first-order valence-electron chi connectivity index (χ1n) is 10.2. The molecule has 1 unspecified atom stereocenters. The second-order valence-corrected chi connectivity index (χ2v) is 10.6. The van der Waals surface area contributed by atoms with Gasteiger partial charge < -0.3 is 14.3 Å². The molecule has 0 aliphatic carbocycles. The highest BCUT2D eigenvalue weighted by atomic mass is 28.3. The van der Waals surface area contributed by atoms with Gasteiger partial charge in [0.1, 0.15) is 5.75 Å². The molecular weight excluding hydrogens is 380 g/mol. The van der Waals surface area contributed by atoms with Gasteiger partial charge >= 0.3 is 5.97 Å². The van der Waals surface area contributed by atoms with E-state index in [-0.39, 0.29) is 5.41 Å². The van der Waals surface area contributed by atoms with E-state index in [1.54, 1.807) is 12.1 Å². The number of hydrogen-bond donors (Lipinski definition) is 1. The van der Waals surface area contributed by atoms with E-state index in [9.17, 15) is 9.90 Å². The average Bonchev–Trinajstić information content (AvgIpc) is 2.65. The molecule has 1 atom stereocenters. The quantitative estimate of drug-likeness (QED) is 0.519. The molecule has 2 aromatic rings. The van der Waals surface area contributed by atoms with Crippen LogP contribution in [0, 0.1) is 0 Å². The number of aliphatic carboxylic acids is 1. The summed E-state index contributed by atoms with van der Waals surface area (Å²) < 4.78 is 12.2. The molecule has 0 saturated carbocycles. The van der Waals surface area contributed by atoms with E-state index in [2.05, 4.69) is 46.9 Å². The summed E-state index contributed by atoms with van der Waals surface area (Å²) in [5, 5.41) is 9.79. The highest BCUT2D eigenvalue weighted by Crippen LogP contribution is 2.36. The van der Waals surface area contributed by atoms with Crippen LogP contribution in [-0.2, 0) is 27.7 Å². The molecule has 0 saturated heterocycles. The Bertz CT molecular complexity index is 810. The molecule has 0 heterocycles. The van der Waals surface area contributed by atoms with Crippen molar-refractivity contribution in [3.05, 3.63) is 64.7 Å². The molecule has 0 aromatic heterocycles. The minimum atomic E-state index is -1.04. The number of benzene rings is 2. The van der Waals surface area contributed by atoms with Crippen LogP contribution in [0.1, 0.15) is 62.5 Å². The summed E-state index contributed by atoms with van der Waals surface area (Å²) in [7, 11) is -0.851. The van der Waals surface area contributed by atoms with Crippen LogP contribution in [0.2, 0.25) is 13.1 Å². The zero-order valence-electron chi connectivity index (χ0n) is 18.4. The van der Waals surface area contributed by atoms with Crippen molar-refractivity contribution in [1.82, 2.24) is 0 Å². The molecule has 0 aliphatic heterocycles. The van der Waals surface area contributed by atoms with Crippen LogP contribution in [0.3, 0.4) is 0 Å². The Labute approximate surface area is 176 Å². The van der Waals surface area contributed by atoms with E-state index in [0.29, 0.717) is 17.9 Å². The standard InChI is InChI=1S/C24H33O4Si/c1-7-11-18-19(16-27-29(5)6)20(24(2,3)4)14-15-21(18)28-22(23(25)26)17-12-9-8-10-13-17/h8-10,12-15,22H,7,11,16H2,1-6H3,(H,25,26). The van der Waals surface area contributed by atoms with E-state index >= 15 is 0 Å².